The fourth-order valence-corrected chi connectivity index (χ4v) is 4.69. The van der Waals surface area contributed by atoms with Gasteiger partial charge in [0.2, 0.25) is 5.71 Å². The summed E-state index contributed by atoms with van der Waals surface area (Å²) in [5.41, 5.74) is 0.997. The summed E-state index contributed by atoms with van der Waals surface area (Å²) in [6.07, 6.45) is 4.99. The molecule has 2 aliphatic rings. The number of rotatable bonds is 5. The quantitative estimate of drug-likeness (QED) is 0.600. The highest BCUT2D eigenvalue weighted by Crippen LogP contribution is 2.34. The van der Waals surface area contributed by atoms with Crippen molar-refractivity contribution < 1.29 is 18.4 Å². The van der Waals surface area contributed by atoms with Crippen molar-refractivity contribution in [1.82, 2.24) is 19.8 Å². The van der Waals surface area contributed by atoms with Gasteiger partial charge in [0, 0.05) is 19.1 Å². The summed E-state index contributed by atoms with van der Waals surface area (Å²) >= 11 is 0. The zero-order valence-corrected chi connectivity index (χ0v) is 18.6. The summed E-state index contributed by atoms with van der Waals surface area (Å²) < 4.78 is 17.1. The van der Waals surface area contributed by atoms with E-state index < -0.39 is 0 Å². The van der Waals surface area contributed by atoms with E-state index in [9.17, 15) is 4.79 Å². The van der Waals surface area contributed by atoms with Crippen molar-refractivity contribution in [2.45, 2.75) is 32.4 Å². The molecule has 5 heterocycles. The molecule has 32 heavy (non-hydrogen) atoms. The zero-order chi connectivity index (χ0) is 22.1. The monoisotopic (exact) mass is 439 g/mol. The minimum atomic E-state index is -0.0588. The number of hydrogen-bond donors (Lipinski definition) is 0. The van der Waals surface area contributed by atoms with Crippen LogP contribution in [-0.4, -0.2) is 78.2 Å². The number of carbonyl (C=O) groups excluding carboxylic acids is 1. The molecule has 0 unspecified atom stereocenters. The Hall–Kier alpha value is -2.91. The lowest BCUT2D eigenvalue weighted by molar-refractivity contribution is 0.0550. The SMILES string of the molecule is Cc1oc2ncnc(N3CCOCC3)c2c1C(=O)N(Cc1ccco1)C1CCN(C)CC1. The molecule has 0 aliphatic carbocycles. The van der Waals surface area contributed by atoms with Gasteiger partial charge in [-0.1, -0.05) is 0 Å². The molecule has 2 saturated heterocycles. The second-order valence-electron chi connectivity index (χ2n) is 8.56. The fraction of sp³-hybridized carbons (Fsp3) is 0.522. The van der Waals surface area contributed by atoms with Crippen LogP contribution in [0.25, 0.3) is 11.1 Å². The number of aromatic nitrogens is 2. The molecule has 0 saturated carbocycles. The molecule has 170 valence electrons. The van der Waals surface area contributed by atoms with Crippen LogP contribution in [0.4, 0.5) is 5.82 Å². The molecule has 0 radical (unpaired) electrons. The van der Waals surface area contributed by atoms with Gasteiger partial charge >= 0.3 is 0 Å². The lowest BCUT2D eigenvalue weighted by Gasteiger charge is -2.37. The van der Waals surface area contributed by atoms with Crippen LogP contribution >= 0.6 is 0 Å². The predicted molar refractivity (Wildman–Crippen MR) is 119 cm³/mol. The topological polar surface area (TPSA) is 88.1 Å². The van der Waals surface area contributed by atoms with Gasteiger partial charge in [-0.15, -0.1) is 0 Å². The molecule has 9 nitrogen and oxygen atoms in total. The summed E-state index contributed by atoms with van der Waals surface area (Å²) in [6, 6.07) is 3.90. The highest BCUT2D eigenvalue weighted by molar-refractivity contribution is 6.10. The first-order chi connectivity index (χ1) is 15.6. The third-order valence-corrected chi connectivity index (χ3v) is 6.46. The van der Waals surface area contributed by atoms with Crippen LogP contribution < -0.4 is 4.90 Å². The number of likely N-dealkylation sites (tertiary alicyclic amines) is 1. The average Bonchev–Trinajstić information content (AvgIpc) is 3.45. The first-order valence-corrected chi connectivity index (χ1v) is 11.2. The van der Waals surface area contributed by atoms with Crippen molar-refractivity contribution in [3.05, 3.63) is 41.8 Å². The highest BCUT2D eigenvalue weighted by Gasteiger charge is 2.33. The number of hydrogen-bond acceptors (Lipinski definition) is 8. The summed E-state index contributed by atoms with van der Waals surface area (Å²) in [4.78, 5) is 29.4. The lowest BCUT2D eigenvalue weighted by Crippen LogP contribution is -2.46. The number of anilines is 1. The molecule has 0 atom stereocenters. The van der Waals surface area contributed by atoms with Gasteiger partial charge in [0.05, 0.1) is 37.0 Å². The molecular weight excluding hydrogens is 410 g/mol. The molecule has 3 aromatic rings. The first kappa shape index (κ1) is 21.0. The fourth-order valence-electron chi connectivity index (χ4n) is 4.69. The third-order valence-electron chi connectivity index (χ3n) is 6.46. The Morgan fingerprint density at radius 1 is 1.19 bits per heavy atom. The molecule has 9 heteroatoms. The van der Waals surface area contributed by atoms with Gasteiger partial charge in [0.15, 0.2) is 0 Å². The normalized spacial score (nSPS) is 18.4. The molecule has 5 rings (SSSR count). The minimum absolute atomic E-state index is 0.0588. The molecule has 0 bridgehead atoms. The maximum Gasteiger partial charge on any atom is 0.258 e. The number of amides is 1. The van der Waals surface area contributed by atoms with Gasteiger partial charge in [-0.25, -0.2) is 9.97 Å². The molecule has 3 aromatic heterocycles. The predicted octanol–water partition coefficient (Wildman–Crippen LogP) is 2.70. The number of piperidine rings is 1. The van der Waals surface area contributed by atoms with E-state index in [2.05, 4.69) is 26.8 Å². The Morgan fingerprint density at radius 3 is 2.69 bits per heavy atom. The Labute approximate surface area is 186 Å². The summed E-state index contributed by atoms with van der Waals surface area (Å²) in [7, 11) is 2.12. The van der Waals surface area contributed by atoms with Gasteiger partial charge in [0.1, 0.15) is 23.7 Å². The maximum absolute atomic E-state index is 14.1. The number of ether oxygens (including phenoxy) is 1. The Bertz CT molecular complexity index is 1070. The van der Waals surface area contributed by atoms with Crippen molar-refractivity contribution in [1.29, 1.82) is 0 Å². The van der Waals surface area contributed by atoms with E-state index in [0.29, 0.717) is 42.2 Å². The van der Waals surface area contributed by atoms with E-state index in [0.717, 1.165) is 50.6 Å². The van der Waals surface area contributed by atoms with Crippen LogP contribution in [0.15, 0.2) is 33.6 Å². The molecule has 0 spiro atoms. The van der Waals surface area contributed by atoms with Crippen molar-refractivity contribution >= 4 is 22.8 Å². The molecular formula is C23H29N5O4. The average molecular weight is 440 g/mol. The largest absolute Gasteiger partial charge is 0.467 e. The van der Waals surface area contributed by atoms with Crippen LogP contribution in [-0.2, 0) is 11.3 Å². The maximum atomic E-state index is 14.1. The molecule has 2 aliphatic heterocycles. The van der Waals surface area contributed by atoms with E-state index in [1.807, 2.05) is 24.0 Å². The van der Waals surface area contributed by atoms with Gasteiger partial charge in [-0.05, 0) is 52.0 Å². The van der Waals surface area contributed by atoms with Crippen LogP contribution in [0.2, 0.25) is 0 Å². The highest BCUT2D eigenvalue weighted by atomic mass is 16.5. The summed E-state index contributed by atoms with van der Waals surface area (Å²) in [6.45, 7) is 6.87. The van der Waals surface area contributed by atoms with Gasteiger partial charge in [-0.3, -0.25) is 4.79 Å². The number of furan rings is 2. The van der Waals surface area contributed by atoms with Crippen molar-refractivity contribution in [3.63, 3.8) is 0 Å². The number of nitrogens with zero attached hydrogens (tertiary/aromatic N) is 5. The Morgan fingerprint density at radius 2 is 1.97 bits per heavy atom. The molecule has 0 N–H and O–H groups in total. The number of morpholine rings is 1. The third kappa shape index (κ3) is 3.98. The Kier molecular flexibility index (Phi) is 5.84. The van der Waals surface area contributed by atoms with E-state index >= 15 is 0 Å². The van der Waals surface area contributed by atoms with Crippen LogP contribution in [0.1, 0.15) is 34.7 Å². The zero-order valence-electron chi connectivity index (χ0n) is 18.6. The number of carbonyl (C=O) groups is 1. The van der Waals surface area contributed by atoms with Crippen molar-refractivity contribution in [2.75, 3.05) is 51.3 Å². The Balaban J connectivity index is 1.55. The first-order valence-electron chi connectivity index (χ1n) is 11.2. The molecule has 0 aromatic carbocycles. The van der Waals surface area contributed by atoms with E-state index in [4.69, 9.17) is 13.6 Å². The van der Waals surface area contributed by atoms with E-state index in [-0.39, 0.29) is 11.9 Å². The van der Waals surface area contributed by atoms with Gasteiger partial charge < -0.3 is 28.3 Å². The van der Waals surface area contributed by atoms with Crippen molar-refractivity contribution in [2.24, 2.45) is 0 Å². The standard InChI is InChI=1S/C23H29N5O4/c1-16-19(20-21(24-15-25-22(20)32-16)27-9-12-30-13-10-27)23(29)28(14-18-4-3-11-31-18)17-5-7-26(2)8-6-17/h3-4,11,15,17H,5-10,12-14H2,1-2H3. The number of fused-ring (bicyclic) bond motifs is 1. The molecule has 1 amide bonds. The van der Waals surface area contributed by atoms with Crippen molar-refractivity contribution in [3.8, 4) is 0 Å². The lowest BCUT2D eigenvalue weighted by atomic mass is 10.0. The minimum Gasteiger partial charge on any atom is -0.467 e. The smallest absolute Gasteiger partial charge is 0.258 e. The van der Waals surface area contributed by atoms with Crippen LogP contribution in [0.3, 0.4) is 0 Å². The van der Waals surface area contributed by atoms with Crippen LogP contribution in [0, 0.1) is 6.92 Å². The van der Waals surface area contributed by atoms with E-state index in [1.165, 1.54) is 6.33 Å². The summed E-state index contributed by atoms with van der Waals surface area (Å²) in [5.74, 6) is 2.01. The van der Waals surface area contributed by atoms with E-state index in [1.54, 1.807) is 6.26 Å². The van der Waals surface area contributed by atoms with Crippen LogP contribution in [0.5, 0.6) is 0 Å². The molecule has 2 fully saturated rings. The number of aryl methyl sites for hydroxylation is 1. The second kappa shape index (κ2) is 8.91. The second-order valence-corrected chi connectivity index (χ2v) is 8.56. The summed E-state index contributed by atoms with van der Waals surface area (Å²) in [5, 5.41) is 0.689. The van der Waals surface area contributed by atoms with Gasteiger partial charge in [0.25, 0.3) is 5.91 Å². The van der Waals surface area contributed by atoms with Gasteiger partial charge in [-0.2, -0.15) is 0 Å².